The molecule has 25 heavy (non-hydrogen) atoms. The zero-order valence-corrected chi connectivity index (χ0v) is 13.6. The van der Waals surface area contributed by atoms with Crippen molar-refractivity contribution < 1.29 is 13.7 Å². The van der Waals surface area contributed by atoms with Crippen LogP contribution in [0.2, 0.25) is 0 Å². The Morgan fingerprint density at radius 1 is 1.32 bits per heavy atom. The quantitative estimate of drug-likeness (QED) is 0.670. The summed E-state index contributed by atoms with van der Waals surface area (Å²) >= 11 is 0. The van der Waals surface area contributed by atoms with E-state index in [2.05, 4.69) is 22.2 Å². The Kier molecular flexibility index (Phi) is 4.73. The largest absolute Gasteiger partial charge is 0.353 e. The van der Waals surface area contributed by atoms with Gasteiger partial charge in [0.1, 0.15) is 6.33 Å². The molecule has 0 spiro atoms. The summed E-state index contributed by atoms with van der Waals surface area (Å²) < 4.78 is 26.4. The molecule has 0 radical (unpaired) electrons. The van der Waals surface area contributed by atoms with Crippen molar-refractivity contribution in [2.75, 3.05) is 23.3 Å². The molecule has 3 rings (SSSR count). The molecule has 0 bridgehead atoms. The molecule has 0 amide bonds. The van der Waals surface area contributed by atoms with Crippen molar-refractivity contribution in [2.45, 2.75) is 19.8 Å². The van der Waals surface area contributed by atoms with Crippen LogP contribution in [-0.2, 0) is 0 Å². The predicted molar refractivity (Wildman–Crippen MR) is 88.9 cm³/mol. The molecule has 9 heteroatoms. The number of nitrogens with zero attached hydrogens (tertiary/aromatic N) is 4. The first-order chi connectivity index (χ1) is 12.0. The average molecular weight is 349 g/mol. The van der Waals surface area contributed by atoms with Crippen LogP contribution in [0.1, 0.15) is 19.8 Å². The van der Waals surface area contributed by atoms with Crippen LogP contribution in [-0.4, -0.2) is 28.0 Å². The smallest absolute Gasteiger partial charge is 0.350 e. The van der Waals surface area contributed by atoms with E-state index in [1.807, 2.05) is 4.90 Å². The lowest BCUT2D eigenvalue weighted by atomic mass is 10.0. The highest BCUT2D eigenvalue weighted by Gasteiger charge is 2.29. The van der Waals surface area contributed by atoms with Gasteiger partial charge in [-0.3, -0.25) is 10.1 Å². The number of rotatable bonds is 4. The molecule has 1 aromatic heterocycles. The highest BCUT2D eigenvalue weighted by atomic mass is 19.2. The number of nitrogens with one attached hydrogen (secondary N) is 1. The van der Waals surface area contributed by atoms with Gasteiger partial charge in [0.05, 0.1) is 4.92 Å². The van der Waals surface area contributed by atoms with Gasteiger partial charge in [-0.05, 0) is 30.9 Å². The maximum absolute atomic E-state index is 13.4. The summed E-state index contributed by atoms with van der Waals surface area (Å²) in [5.41, 5.74) is -0.111. The molecule has 1 saturated heterocycles. The van der Waals surface area contributed by atoms with Crippen LogP contribution in [0.4, 0.5) is 31.8 Å². The molecule has 132 valence electrons. The van der Waals surface area contributed by atoms with Crippen LogP contribution in [0, 0.1) is 27.7 Å². The van der Waals surface area contributed by atoms with E-state index < -0.39 is 16.6 Å². The highest BCUT2D eigenvalue weighted by molar-refractivity contribution is 5.74. The second-order valence-electron chi connectivity index (χ2n) is 6.10. The monoisotopic (exact) mass is 349 g/mol. The van der Waals surface area contributed by atoms with Gasteiger partial charge < -0.3 is 10.2 Å². The number of aromatic nitrogens is 2. The number of benzene rings is 1. The summed E-state index contributed by atoms with van der Waals surface area (Å²) in [5.74, 6) is -1.46. The summed E-state index contributed by atoms with van der Waals surface area (Å²) in [5, 5.41) is 14.3. The van der Waals surface area contributed by atoms with Crippen molar-refractivity contribution in [3.05, 3.63) is 46.3 Å². The molecule has 1 aliphatic heterocycles. The SMILES string of the molecule is CC1CCCN(c2ncnc(Nc3ccc(F)c(F)c3)c2[N+](=O)[O-])C1. The minimum absolute atomic E-state index is 0.0563. The zero-order chi connectivity index (χ0) is 18.0. The Morgan fingerprint density at radius 2 is 2.12 bits per heavy atom. The van der Waals surface area contributed by atoms with Gasteiger partial charge in [0, 0.05) is 24.8 Å². The average Bonchev–Trinajstić information content (AvgIpc) is 2.58. The molecule has 1 N–H and O–H groups in total. The Bertz CT molecular complexity index is 802. The van der Waals surface area contributed by atoms with Gasteiger partial charge in [-0.2, -0.15) is 0 Å². The fourth-order valence-electron chi connectivity index (χ4n) is 2.95. The topological polar surface area (TPSA) is 84.2 Å². The molecular weight excluding hydrogens is 332 g/mol. The number of halogens is 2. The number of nitro groups is 1. The van der Waals surface area contributed by atoms with Crippen molar-refractivity contribution in [1.82, 2.24) is 9.97 Å². The van der Waals surface area contributed by atoms with E-state index >= 15 is 0 Å². The third kappa shape index (κ3) is 3.65. The van der Waals surface area contributed by atoms with Crippen LogP contribution in [0.25, 0.3) is 0 Å². The first-order valence-corrected chi connectivity index (χ1v) is 7.92. The second kappa shape index (κ2) is 6.96. The molecule has 1 unspecified atom stereocenters. The summed E-state index contributed by atoms with van der Waals surface area (Å²) in [6.07, 6.45) is 3.22. The van der Waals surface area contributed by atoms with Crippen molar-refractivity contribution in [2.24, 2.45) is 5.92 Å². The Hall–Kier alpha value is -2.84. The van der Waals surface area contributed by atoms with E-state index in [9.17, 15) is 18.9 Å². The van der Waals surface area contributed by atoms with E-state index in [0.29, 0.717) is 19.0 Å². The Balaban J connectivity index is 1.97. The maximum Gasteiger partial charge on any atom is 0.353 e. The molecular formula is C16H17F2N5O2. The summed E-state index contributed by atoms with van der Waals surface area (Å²) in [6, 6.07) is 3.15. The molecule has 1 fully saturated rings. The fraction of sp³-hybridized carbons (Fsp3) is 0.375. The molecule has 2 aromatic rings. The lowest BCUT2D eigenvalue weighted by Gasteiger charge is -2.31. The summed E-state index contributed by atoms with van der Waals surface area (Å²) in [4.78, 5) is 20.9. The number of hydrogen-bond donors (Lipinski definition) is 1. The minimum Gasteiger partial charge on any atom is -0.350 e. The Morgan fingerprint density at radius 3 is 2.80 bits per heavy atom. The second-order valence-corrected chi connectivity index (χ2v) is 6.10. The highest BCUT2D eigenvalue weighted by Crippen LogP contribution is 2.35. The normalized spacial score (nSPS) is 17.4. The fourth-order valence-corrected chi connectivity index (χ4v) is 2.95. The minimum atomic E-state index is -1.05. The van der Waals surface area contributed by atoms with Crippen molar-refractivity contribution in [3.8, 4) is 0 Å². The van der Waals surface area contributed by atoms with E-state index in [4.69, 9.17) is 0 Å². The standard InChI is InChI=1S/C16H17F2N5O2/c1-10-3-2-6-22(8-10)16-14(23(24)25)15(19-9-20-16)21-11-4-5-12(17)13(18)7-11/h4-5,7,9-10H,2-3,6,8H2,1H3,(H,19,20,21). The lowest BCUT2D eigenvalue weighted by Crippen LogP contribution is -2.35. The number of anilines is 3. The van der Waals surface area contributed by atoms with Crippen LogP contribution < -0.4 is 10.2 Å². The molecule has 0 aliphatic carbocycles. The van der Waals surface area contributed by atoms with Gasteiger partial charge in [0.15, 0.2) is 11.6 Å². The van der Waals surface area contributed by atoms with Gasteiger partial charge in [0.2, 0.25) is 11.6 Å². The van der Waals surface area contributed by atoms with E-state index in [-0.39, 0.29) is 23.0 Å². The molecule has 2 heterocycles. The van der Waals surface area contributed by atoms with Crippen LogP contribution in [0.15, 0.2) is 24.5 Å². The third-order valence-electron chi connectivity index (χ3n) is 4.12. The van der Waals surface area contributed by atoms with E-state index in [0.717, 1.165) is 25.0 Å². The first-order valence-electron chi connectivity index (χ1n) is 7.92. The predicted octanol–water partition coefficient (Wildman–Crippen LogP) is 3.64. The van der Waals surface area contributed by atoms with Gasteiger partial charge >= 0.3 is 5.69 Å². The van der Waals surface area contributed by atoms with Crippen LogP contribution in [0.5, 0.6) is 0 Å². The van der Waals surface area contributed by atoms with Crippen molar-refractivity contribution >= 4 is 23.0 Å². The van der Waals surface area contributed by atoms with Gasteiger partial charge in [-0.15, -0.1) is 0 Å². The summed E-state index contributed by atoms with van der Waals surface area (Å²) in [6.45, 7) is 3.43. The van der Waals surface area contributed by atoms with E-state index in [1.165, 1.54) is 12.4 Å². The van der Waals surface area contributed by atoms with Crippen molar-refractivity contribution in [3.63, 3.8) is 0 Å². The molecule has 1 aliphatic rings. The van der Waals surface area contributed by atoms with Gasteiger partial charge in [-0.1, -0.05) is 6.92 Å². The maximum atomic E-state index is 13.4. The van der Waals surface area contributed by atoms with Crippen molar-refractivity contribution in [1.29, 1.82) is 0 Å². The number of hydrogen-bond acceptors (Lipinski definition) is 6. The molecule has 7 nitrogen and oxygen atoms in total. The summed E-state index contributed by atoms with van der Waals surface area (Å²) in [7, 11) is 0. The van der Waals surface area contributed by atoms with Crippen LogP contribution in [0.3, 0.4) is 0 Å². The van der Waals surface area contributed by atoms with Gasteiger partial charge in [0.25, 0.3) is 0 Å². The van der Waals surface area contributed by atoms with Gasteiger partial charge in [-0.25, -0.2) is 18.7 Å². The zero-order valence-electron chi connectivity index (χ0n) is 13.6. The number of piperidine rings is 1. The lowest BCUT2D eigenvalue weighted by molar-refractivity contribution is -0.383. The van der Waals surface area contributed by atoms with E-state index in [1.54, 1.807) is 0 Å². The third-order valence-corrected chi connectivity index (χ3v) is 4.12. The first kappa shape index (κ1) is 17.0. The molecule has 1 atom stereocenters. The Labute approximate surface area is 142 Å². The molecule has 0 saturated carbocycles. The van der Waals surface area contributed by atoms with Crippen LogP contribution >= 0.6 is 0 Å². The molecule has 1 aromatic carbocycles.